The first-order valence-corrected chi connectivity index (χ1v) is 5.08. The largest absolute Gasteiger partial charge is 0.476 e. The van der Waals surface area contributed by atoms with Crippen LogP contribution in [0.15, 0.2) is 15.7 Å². The molecule has 0 saturated carbocycles. The lowest BCUT2D eigenvalue weighted by Crippen LogP contribution is -2.41. The Hall–Kier alpha value is -1.64. The van der Waals surface area contributed by atoms with Crippen molar-refractivity contribution in [2.75, 3.05) is 6.61 Å². The van der Waals surface area contributed by atoms with Gasteiger partial charge in [-0.15, -0.1) is 0 Å². The van der Waals surface area contributed by atoms with E-state index in [2.05, 4.69) is 0 Å². The average Bonchev–Trinajstić information content (AvgIpc) is 2.49. The Morgan fingerprint density at radius 1 is 1.35 bits per heavy atom. The lowest BCUT2D eigenvalue weighted by molar-refractivity contribution is -0.0337. The number of aliphatic hydroxyl groups excluding tert-OH is 2. The maximum atomic E-state index is 11.6. The van der Waals surface area contributed by atoms with Crippen molar-refractivity contribution in [3.63, 3.8) is 0 Å². The van der Waals surface area contributed by atoms with Gasteiger partial charge in [-0.3, -0.25) is 9.78 Å². The quantitative estimate of drug-likeness (QED) is 0.465. The number of hydrogen-bond acceptors (Lipinski definition) is 6. The first kappa shape index (κ1) is 10.5. The molecular weight excluding hydrogens is 232 g/mol. The molecule has 0 spiro atoms. The van der Waals surface area contributed by atoms with Crippen molar-refractivity contribution in [2.45, 2.75) is 24.5 Å². The highest BCUT2D eigenvalue weighted by Crippen LogP contribution is 2.33. The van der Waals surface area contributed by atoms with Crippen molar-refractivity contribution in [1.29, 1.82) is 0 Å². The van der Waals surface area contributed by atoms with Gasteiger partial charge in [0.25, 0.3) is 5.56 Å². The number of nitrogens with zero attached hydrogens (tertiary/aromatic N) is 1. The summed E-state index contributed by atoms with van der Waals surface area (Å²) in [5, 5.41) is 19.4. The lowest BCUT2D eigenvalue weighted by Gasteiger charge is -2.20. The van der Waals surface area contributed by atoms with E-state index in [0.29, 0.717) is 0 Å². The summed E-state index contributed by atoms with van der Waals surface area (Å²) in [6.45, 7) is -0.0301. The van der Waals surface area contributed by atoms with Crippen LogP contribution in [0.25, 0.3) is 0 Å². The smallest absolute Gasteiger partial charge is 0.333 e. The lowest BCUT2D eigenvalue weighted by atomic mass is 10.1. The summed E-state index contributed by atoms with van der Waals surface area (Å²) in [6.07, 6.45) is -4.11. The number of hydrogen-bond donors (Lipinski definition) is 3. The van der Waals surface area contributed by atoms with Crippen LogP contribution in [0, 0.1) is 0 Å². The minimum Gasteiger partial charge on any atom is -0.476 e. The van der Waals surface area contributed by atoms with Crippen molar-refractivity contribution in [1.82, 2.24) is 9.55 Å². The first-order chi connectivity index (χ1) is 8.08. The molecule has 1 fully saturated rings. The molecule has 2 bridgehead atoms. The van der Waals surface area contributed by atoms with E-state index in [1.807, 2.05) is 4.98 Å². The molecule has 17 heavy (non-hydrogen) atoms. The van der Waals surface area contributed by atoms with Crippen molar-refractivity contribution in [3.8, 4) is 5.88 Å². The Kier molecular flexibility index (Phi) is 2.12. The van der Waals surface area contributed by atoms with Crippen LogP contribution in [0.3, 0.4) is 0 Å². The Bertz CT molecular complexity index is 563. The molecule has 0 radical (unpaired) electrons. The summed E-state index contributed by atoms with van der Waals surface area (Å²) >= 11 is 0. The van der Waals surface area contributed by atoms with E-state index >= 15 is 0 Å². The molecule has 3 rings (SSSR count). The van der Waals surface area contributed by atoms with Gasteiger partial charge in [0, 0.05) is 0 Å². The molecule has 8 nitrogen and oxygen atoms in total. The predicted octanol–water partition coefficient (Wildman–Crippen LogP) is -2.45. The Labute approximate surface area is 94.0 Å². The molecule has 8 heteroatoms. The van der Waals surface area contributed by atoms with E-state index in [1.165, 1.54) is 0 Å². The van der Waals surface area contributed by atoms with Gasteiger partial charge in [0.15, 0.2) is 6.23 Å². The second-order valence-corrected chi connectivity index (χ2v) is 4.00. The Balaban J connectivity index is 2.20. The molecule has 0 aromatic carbocycles. The van der Waals surface area contributed by atoms with Gasteiger partial charge >= 0.3 is 5.69 Å². The second-order valence-electron chi connectivity index (χ2n) is 4.00. The van der Waals surface area contributed by atoms with Crippen LogP contribution in [0.5, 0.6) is 5.88 Å². The molecule has 2 aliphatic heterocycles. The predicted molar refractivity (Wildman–Crippen MR) is 52.7 cm³/mol. The van der Waals surface area contributed by atoms with Crippen LogP contribution < -0.4 is 16.0 Å². The third-order valence-electron chi connectivity index (χ3n) is 2.93. The monoisotopic (exact) mass is 242 g/mol. The summed E-state index contributed by atoms with van der Waals surface area (Å²) in [5.41, 5.74) is -1.33. The number of H-pyrrole nitrogens is 1. The van der Waals surface area contributed by atoms with E-state index in [0.717, 1.165) is 10.6 Å². The number of fused-ring (bicyclic) bond motifs is 4. The molecule has 1 aromatic rings. The highest BCUT2D eigenvalue weighted by Gasteiger charge is 2.47. The van der Waals surface area contributed by atoms with E-state index in [-0.39, 0.29) is 12.5 Å². The topological polar surface area (TPSA) is 114 Å². The standard InChI is InChI=1S/C9H10N2O6/c12-4-1-5-11(9(15)10-4)8-7(14)6(13)3(17-8)2-16-5/h1,3,6-8,13-14H,2H2,(H,10,12,15). The maximum Gasteiger partial charge on any atom is 0.333 e. The van der Waals surface area contributed by atoms with Gasteiger partial charge in [0.05, 0.1) is 6.07 Å². The minimum absolute atomic E-state index is 0.0252. The third kappa shape index (κ3) is 1.42. The molecule has 0 amide bonds. The average molecular weight is 242 g/mol. The number of ether oxygens (including phenoxy) is 2. The number of nitrogens with one attached hydrogen (secondary N) is 1. The van der Waals surface area contributed by atoms with Crippen LogP contribution in [-0.2, 0) is 4.74 Å². The fourth-order valence-electron chi connectivity index (χ4n) is 2.08. The van der Waals surface area contributed by atoms with Crippen molar-refractivity contribution in [2.24, 2.45) is 0 Å². The molecule has 3 N–H and O–H groups in total. The zero-order valence-electron chi connectivity index (χ0n) is 8.57. The molecule has 4 atom stereocenters. The van der Waals surface area contributed by atoms with E-state index in [4.69, 9.17) is 9.47 Å². The zero-order chi connectivity index (χ0) is 12.2. The van der Waals surface area contributed by atoms with E-state index in [1.54, 1.807) is 0 Å². The third-order valence-corrected chi connectivity index (χ3v) is 2.93. The van der Waals surface area contributed by atoms with E-state index < -0.39 is 35.8 Å². The molecule has 3 heterocycles. The fourth-order valence-corrected chi connectivity index (χ4v) is 2.08. The van der Waals surface area contributed by atoms with Crippen LogP contribution in [0.1, 0.15) is 6.23 Å². The second kappa shape index (κ2) is 3.42. The molecule has 1 saturated heterocycles. The number of rotatable bonds is 0. The summed E-state index contributed by atoms with van der Waals surface area (Å²) in [7, 11) is 0. The molecular formula is C9H10N2O6. The van der Waals surface area contributed by atoms with Gasteiger partial charge in [-0.05, 0) is 0 Å². The first-order valence-electron chi connectivity index (χ1n) is 5.08. The van der Waals surface area contributed by atoms with Crippen LogP contribution in [-0.4, -0.2) is 44.7 Å². The summed E-state index contributed by atoms with van der Waals surface area (Å²) in [5.74, 6) is 0.0252. The molecule has 92 valence electrons. The summed E-state index contributed by atoms with van der Waals surface area (Å²) < 4.78 is 11.5. The van der Waals surface area contributed by atoms with Gasteiger partial charge in [-0.25, -0.2) is 9.36 Å². The zero-order valence-corrected chi connectivity index (χ0v) is 8.57. The van der Waals surface area contributed by atoms with Crippen molar-refractivity contribution >= 4 is 0 Å². The number of aromatic amines is 1. The molecule has 0 aliphatic carbocycles. The van der Waals surface area contributed by atoms with Crippen molar-refractivity contribution in [3.05, 3.63) is 26.9 Å². The maximum absolute atomic E-state index is 11.6. The fraction of sp³-hybridized carbons (Fsp3) is 0.556. The normalized spacial score (nSPS) is 34.9. The van der Waals surface area contributed by atoms with Gasteiger partial charge in [0.2, 0.25) is 5.88 Å². The van der Waals surface area contributed by atoms with Crippen LogP contribution >= 0.6 is 0 Å². The minimum atomic E-state index is -1.23. The highest BCUT2D eigenvalue weighted by molar-refractivity contribution is 5.13. The summed E-state index contributed by atoms with van der Waals surface area (Å²) in [6, 6.07) is 1.10. The SMILES string of the molecule is O=c1cc2n(c(=O)[nH]1)C1OC(CO2)C(O)C1O. The summed E-state index contributed by atoms with van der Waals surface area (Å²) in [4.78, 5) is 24.8. The Morgan fingerprint density at radius 3 is 2.88 bits per heavy atom. The van der Waals surface area contributed by atoms with Crippen LogP contribution in [0.4, 0.5) is 0 Å². The molecule has 2 aliphatic rings. The molecule has 4 unspecified atom stereocenters. The van der Waals surface area contributed by atoms with Gasteiger partial charge < -0.3 is 19.7 Å². The van der Waals surface area contributed by atoms with Crippen LogP contribution in [0.2, 0.25) is 0 Å². The Morgan fingerprint density at radius 2 is 2.12 bits per heavy atom. The van der Waals surface area contributed by atoms with Gasteiger partial charge in [0.1, 0.15) is 24.9 Å². The molecule has 1 aromatic heterocycles. The van der Waals surface area contributed by atoms with E-state index in [9.17, 15) is 19.8 Å². The number of aliphatic hydroxyl groups is 2. The van der Waals surface area contributed by atoms with Gasteiger partial charge in [-0.2, -0.15) is 0 Å². The number of aromatic nitrogens is 2. The van der Waals surface area contributed by atoms with Crippen molar-refractivity contribution < 1.29 is 19.7 Å². The van der Waals surface area contributed by atoms with Gasteiger partial charge in [-0.1, -0.05) is 0 Å². The highest BCUT2D eigenvalue weighted by atomic mass is 16.6.